The topological polar surface area (TPSA) is 171 Å². The predicted octanol–water partition coefficient (Wildman–Crippen LogP) is 4.74. The summed E-state index contributed by atoms with van der Waals surface area (Å²) in [6.45, 7) is 9.83. The van der Waals surface area contributed by atoms with Gasteiger partial charge < -0.3 is 31.5 Å². The van der Waals surface area contributed by atoms with Crippen LogP contribution in [-0.4, -0.2) is 90.1 Å². The first-order valence-electron chi connectivity index (χ1n) is 19.6. The lowest BCUT2D eigenvalue weighted by molar-refractivity contribution is -0.146. The molecule has 15 heteroatoms. The van der Waals surface area contributed by atoms with Crippen LogP contribution in [0.4, 0.5) is 13.2 Å². The number of hydrogen-bond donors (Lipinski definition) is 4. The Morgan fingerprint density at radius 2 is 1.24 bits per heavy atom. The van der Waals surface area contributed by atoms with Gasteiger partial charge in [0, 0.05) is 26.4 Å². The second-order valence-corrected chi connectivity index (χ2v) is 15.8. The van der Waals surface area contributed by atoms with E-state index in [-0.39, 0.29) is 31.7 Å². The Morgan fingerprint density at radius 1 is 0.661 bits per heavy atom. The van der Waals surface area contributed by atoms with Gasteiger partial charge in [-0.25, -0.2) is 0 Å². The molecule has 0 bridgehead atoms. The Balaban J connectivity index is 1.89. The monoisotopic (exact) mass is 822 g/mol. The van der Waals surface area contributed by atoms with Gasteiger partial charge in [-0.2, -0.15) is 13.2 Å². The minimum Gasteiger partial charge on any atom is -0.368 e. The lowest BCUT2D eigenvalue weighted by atomic mass is 9.96. The molecule has 0 saturated heterocycles. The van der Waals surface area contributed by atoms with Gasteiger partial charge in [-0.15, -0.1) is 0 Å². The summed E-state index contributed by atoms with van der Waals surface area (Å²) in [6, 6.07) is 17.3. The largest absolute Gasteiger partial charge is 0.416 e. The average Bonchev–Trinajstić information content (AvgIpc) is 3.17. The Bertz CT molecular complexity index is 1920. The van der Waals surface area contributed by atoms with Crippen LogP contribution < -0.4 is 21.7 Å². The van der Waals surface area contributed by atoms with Crippen molar-refractivity contribution in [3.8, 4) is 11.1 Å². The van der Waals surface area contributed by atoms with Gasteiger partial charge in [0.1, 0.15) is 24.2 Å². The molecule has 0 saturated carbocycles. The van der Waals surface area contributed by atoms with Crippen molar-refractivity contribution < 1.29 is 41.9 Å². The molecule has 0 aromatic heterocycles. The van der Waals surface area contributed by atoms with Gasteiger partial charge in [0.25, 0.3) is 0 Å². The molecule has 6 amide bonds. The van der Waals surface area contributed by atoms with E-state index in [4.69, 9.17) is 5.73 Å². The highest BCUT2D eigenvalue weighted by atomic mass is 19.4. The van der Waals surface area contributed by atoms with Gasteiger partial charge in [-0.3, -0.25) is 28.8 Å². The van der Waals surface area contributed by atoms with Crippen LogP contribution in [0.25, 0.3) is 11.1 Å². The zero-order valence-corrected chi connectivity index (χ0v) is 34.9. The Labute approximate surface area is 344 Å². The van der Waals surface area contributed by atoms with E-state index in [0.29, 0.717) is 11.1 Å². The third-order valence-electron chi connectivity index (χ3n) is 10.0. The van der Waals surface area contributed by atoms with E-state index >= 15 is 0 Å². The van der Waals surface area contributed by atoms with Gasteiger partial charge in [-0.1, -0.05) is 107 Å². The number of rotatable bonds is 19. The maximum atomic E-state index is 14.2. The van der Waals surface area contributed by atoms with Crippen molar-refractivity contribution in [1.29, 1.82) is 0 Å². The lowest BCUT2D eigenvalue weighted by Crippen LogP contribution is -2.60. The van der Waals surface area contributed by atoms with E-state index in [1.165, 1.54) is 38.1 Å². The molecule has 5 atom stereocenters. The van der Waals surface area contributed by atoms with Crippen molar-refractivity contribution in [2.75, 3.05) is 20.6 Å². The first-order valence-corrected chi connectivity index (χ1v) is 19.6. The highest BCUT2D eigenvalue weighted by Crippen LogP contribution is 2.30. The number of amides is 6. The first-order chi connectivity index (χ1) is 27.6. The summed E-state index contributed by atoms with van der Waals surface area (Å²) < 4.78 is 40.0. The Morgan fingerprint density at radius 3 is 1.80 bits per heavy atom. The van der Waals surface area contributed by atoms with Crippen LogP contribution in [0.5, 0.6) is 0 Å². The molecular weight excluding hydrogens is 766 g/mol. The average molecular weight is 823 g/mol. The third kappa shape index (κ3) is 14.3. The van der Waals surface area contributed by atoms with Crippen molar-refractivity contribution in [3.05, 3.63) is 95.6 Å². The van der Waals surface area contributed by atoms with Crippen molar-refractivity contribution in [2.45, 2.75) is 91.1 Å². The zero-order valence-electron chi connectivity index (χ0n) is 34.9. The molecule has 0 aliphatic rings. The fraction of sp³-hybridized carbons (Fsp3) is 0.455. The first kappa shape index (κ1) is 47.6. The molecule has 3 rings (SSSR count). The van der Waals surface area contributed by atoms with E-state index in [1.54, 1.807) is 20.8 Å². The molecule has 3 aromatic carbocycles. The fourth-order valence-electron chi connectivity index (χ4n) is 6.49. The third-order valence-corrected chi connectivity index (χ3v) is 10.0. The highest BCUT2D eigenvalue weighted by molar-refractivity contribution is 5.96. The smallest absolute Gasteiger partial charge is 0.368 e. The molecule has 0 heterocycles. The van der Waals surface area contributed by atoms with E-state index in [2.05, 4.69) is 16.0 Å². The number of hydrogen-bond acceptors (Lipinski definition) is 6. The van der Waals surface area contributed by atoms with Crippen molar-refractivity contribution in [3.63, 3.8) is 0 Å². The number of likely N-dealkylation sites (N-methyl/N-ethyl adjacent to an activating group) is 2. The van der Waals surface area contributed by atoms with E-state index < -0.39 is 83.2 Å². The van der Waals surface area contributed by atoms with E-state index in [0.717, 1.165) is 28.2 Å². The fourth-order valence-corrected chi connectivity index (χ4v) is 6.49. The minimum atomic E-state index is -4.55. The number of benzene rings is 3. The summed E-state index contributed by atoms with van der Waals surface area (Å²) in [5, 5.41) is 8.34. The number of nitrogens with zero attached hydrogens (tertiary/aromatic N) is 2. The Kier molecular flexibility index (Phi) is 17.2. The van der Waals surface area contributed by atoms with Crippen LogP contribution in [-0.2, 0) is 47.8 Å². The normalized spacial score (nSPS) is 14.1. The molecule has 0 aliphatic heterocycles. The Hall–Kier alpha value is -5.73. The second-order valence-electron chi connectivity index (χ2n) is 15.8. The molecule has 0 spiro atoms. The van der Waals surface area contributed by atoms with Crippen LogP contribution in [0.2, 0.25) is 0 Å². The number of alkyl halides is 3. The van der Waals surface area contributed by atoms with Gasteiger partial charge in [0.15, 0.2) is 0 Å². The van der Waals surface area contributed by atoms with Crippen LogP contribution in [0.1, 0.15) is 64.7 Å². The maximum absolute atomic E-state index is 14.2. The maximum Gasteiger partial charge on any atom is 0.416 e. The highest BCUT2D eigenvalue weighted by Gasteiger charge is 2.36. The number of carbonyl (C=O) groups is 6. The molecule has 320 valence electrons. The number of nitrogens with two attached hydrogens (primary N) is 1. The van der Waals surface area contributed by atoms with Crippen molar-refractivity contribution in [1.82, 2.24) is 25.8 Å². The van der Waals surface area contributed by atoms with Gasteiger partial charge in [0.05, 0.1) is 12.1 Å². The number of primary amides is 1. The van der Waals surface area contributed by atoms with Crippen molar-refractivity contribution >= 4 is 35.4 Å². The van der Waals surface area contributed by atoms with Crippen molar-refractivity contribution in [2.24, 2.45) is 23.5 Å². The van der Waals surface area contributed by atoms with E-state index in [1.807, 2.05) is 68.4 Å². The summed E-state index contributed by atoms with van der Waals surface area (Å²) in [7, 11) is 2.79. The molecule has 0 fully saturated rings. The summed E-state index contributed by atoms with van der Waals surface area (Å²) >= 11 is 0. The number of carbonyl (C=O) groups excluding carboxylic acids is 6. The number of nitrogens with one attached hydrogen (secondary N) is 3. The molecule has 59 heavy (non-hydrogen) atoms. The lowest BCUT2D eigenvalue weighted by Gasteiger charge is -2.33. The summed E-state index contributed by atoms with van der Waals surface area (Å²) in [4.78, 5) is 82.3. The van der Waals surface area contributed by atoms with Gasteiger partial charge >= 0.3 is 6.18 Å². The molecule has 3 aromatic rings. The molecule has 0 unspecified atom stereocenters. The van der Waals surface area contributed by atoms with Crippen LogP contribution in [0.3, 0.4) is 0 Å². The molecule has 12 nitrogen and oxygen atoms in total. The summed E-state index contributed by atoms with van der Waals surface area (Å²) in [5.41, 5.74) is 7.31. The summed E-state index contributed by atoms with van der Waals surface area (Å²) in [6.07, 6.45) is -4.38. The summed E-state index contributed by atoms with van der Waals surface area (Å²) in [5.74, 6) is -5.12. The van der Waals surface area contributed by atoms with Crippen LogP contribution in [0.15, 0.2) is 78.9 Å². The quantitative estimate of drug-likeness (QED) is 0.136. The number of halogens is 3. The standard InChI is InChI=1S/C44H57F3N6O6/c1-26(2)21-35(49-39(55)28(5)22-31-13-12-16-34(23-31)44(45,46)47)40(56)50-36(24-30-17-19-33(20-18-30)32-14-10-9-11-15-32)41(57)51-38(27(3)4)43(59)53(8)29(6)42(58)52(7)25-37(48)54/h9-20,23,26-29,35-36,38H,21-22,24-25H2,1-8H3,(H2,48,54)(H,49,55)(H,50,56)(H,51,57)/t28-,29-,35-,36-,38-/m0/s1. The molecule has 5 N–H and O–H groups in total. The zero-order chi connectivity index (χ0) is 44.2. The minimum absolute atomic E-state index is 0.00256. The second kappa shape index (κ2) is 21.3. The van der Waals surface area contributed by atoms with E-state index in [9.17, 15) is 41.9 Å². The van der Waals surface area contributed by atoms with Gasteiger partial charge in [-0.05, 0) is 59.9 Å². The van der Waals surface area contributed by atoms with Crippen LogP contribution >= 0.6 is 0 Å². The molecule has 0 aliphatic carbocycles. The molecule has 0 radical (unpaired) electrons. The predicted molar refractivity (Wildman–Crippen MR) is 219 cm³/mol. The molecular formula is C44H57F3N6O6. The SMILES string of the molecule is CC(C)C[C@H](NC(=O)[C@@H](C)Cc1cccc(C(F)(F)F)c1)C(=O)N[C@@H](Cc1ccc(-c2ccccc2)cc1)C(=O)N[C@H](C(=O)N(C)[C@@H](C)C(=O)N(C)CC(N)=O)C(C)C. The van der Waals surface area contributed by atoms with Crippen LogP contribution in [0, 0.1) is 17.8 Å². The van der Waals surface area contributed by atoms with Gasteiger partial charge in [0.2, 0.25) is 35.4 Å².